The van der Waals surface area contributed by atoms with Gasteiger partial charge in [-0.2, -0.15) is 5.10 Å². The number of nitrogen functional groups attached to an aromatic ring is 1. The van der Waals surface area contributed by atoms with E-state index in [1.54, 1.807) is 15.8 Å². The van der Waals surface area contributed by atoms with Crippen LogP contribution in [0.5, 0.6) is 0 Å². The Bertz CT molecular complexity index is 500. The Kier molecular flexibility index (Phi) is 4.02. The first-order valence-electron chi connectivity index (χ1n) is 7.21. The summed E-state index contributed by atoms with van der Waals surface area (Å²) in [5.41, 5.74) is 6.18. The fourth-order valence-corrected chi connectivity index (χ4v) is 2.56. The molecule has 1 aliphatic rings. The van der Waals surface area contributed by atoms with E-state index in [4.69, 9.17) is 10.5 Å². The maximum Gasteiger partial charge on any atom is 0.410 e. The van der Waals surface area contributed by atoms with E-state index in [1.165, 1.54) is 0 Å². The summed E-state index contributed by atoms with van der Waals surface area (Å²) in [6.07, 6.45) is 1.40. The highest BCUT2D eigenvalue weighted by Gasteiger charge is 2.31. The molecule has 2 heterocycles. The van der Waals surface area contributed by atoms with Gasteiger partial charge in [-0.05, 0) is 27.7 Å². The SMILES string of the molecule is CC1CN(C(=O)OC(C)(C)C)CCN1c1c(N)cnn1C. The van der Waals surface area contributed by atoms with Gasteiger partial charge in [0.05, 0.1) is 11.9 Å². The predicted molar refractivity (Wildman–Crippen MR) is 82.2 cm³/mol. The quantitative estimate of drug-likeness (QED) is 0.848. The molecule has 0 bridgehead atoms. The Labute approximate surface area is 125 Å². The smallest absolute Gasteiger partial charge is 0.410 e. The van der Waals surface area contributed by atoms with Gasteiger partial charge in [0.25, 0.3) is 0 Å². The van der Waals surface area contributed by atoms with Crippen LogP contribution in [0, 0.1) is 0 Å². The molecule has 2 N–H and O–H groups in total. The molecule has 7 heteroatoms. The van der Waals surface area contributed by atoms with Gasteiger partial charge in [-0.15, -0.1) is 0 Å². The molecule has 1 saturated heterocycles. The second kappa shape index (κ2) is 5.46. The summed E-state index contributed by atoms with van der Waals surface area (Å²) in [4.78, 5) is 16.1. The van der Waals surface area contributed by atoms with Crippen LogP contribution in [0.2, 0.25) is 0 Å². The zero-order chi connectivity index (χ0) is 15.8. The number of aryl methyl sites for hydroxylation is 1. The largest absolute Gasteiger partial charge is 0.444 e. The van der Waals surface area contributed by atoms with Gasteiger partial charge in [-0.25, -0.2) is 4.79 Å². The first-order chi connectivity index (χ1) is 9.69. The van der Waals surface area contributed by atoms with E-state index in [2.05, 4.69) is 16.9 Å². The molecule has 1 unspecified atom stereocenters. The molecule has 2 rings (SSSR count). The summed E-state index contributed by atoms with van der Waals surface area (Å²) >= 11 is 0. The third-order valence-electron chi connectivity index (χ3n) is 3.49. The molecule has 118 valence electrons. The Morgan fingerprint density at radius 1 is 1.43 bits per heavy atom. The molecular formula is C14H25N5O2. The van der Waals surface area contributed by atoms with Gasteiger partial charge in [0.1, 0.15) is 11.4 Å². The van der Waals surface area contributed by atoms with Crippen molar-refractivity contribution in [2.75, 3.05) is 30.3 Å². The Balaban J connectivity index is 2.04. The van der Waals surface area contributed by atoms with Crippen LogP contribution in [-0.2, 0) is 11.8 Å². The van der Waals surface area contributed by atoms with Gasteiger partial charge in [-0.1, -0.05) is 0 Å². The number of aromatic nitrogens is 2. The third kappa shape index (κ3) is 3.40. The van der Waals surface area contributed by atoms with Crippen molar-refractivity contribution in [1.82, 2.24) is 14.7 Å². The normalized spacial score (nSPS) is 19.8. The van der Waals surface area contributed by atoms with Crippen LogP contribution in [0.1, 0.15) is 27.7 Å². The number of piperazine rings is 1. The highest BCUT2D eigenvalue weighted by molar-refractivity contribution is 5.69. The molecule has 1 aromatic heterocycles. The molecule has 0 aromatic carbocycles. The predicted octanol–water partition coefficient (Wildman–Crippen LogP) is 1.45. The van der Waals surface area contributed by atoms with Crippen molar-refractivity contribution in [1.29, 1.82) is 0 Å². The van der Waals surface area contributed by atoms with Crippen LogP contribution < -0.4 is 10.6 Å². The van der Waals surface area contributed by atoms with Crippen LogP contribution in [0.4, 0.5) is 16.3 Å². The first kappa shape index (κ1) is 15.5. The highest BCUT2D eigenvalue weighted by atomic mass is 16.6. The molecule has 0 aliphatic carbocycles. The fraction of sp³-hybridized carbons (Fsp3) is 0.714. The second-order valence-corrected chi connectivity index (χ2v) is 6.52. The van der Waals surface area contributed by atoms with Gasteiger partial charge < -0.3 is 20.3 Å². The number of carbonyl (C=O) groups excluding carboxylic acids is 1. The number of nitrogens with zero attached hydrogens (tertiary/aromatic N) is 4. The van der Waals surface area contributed by atoms with Crippen molar-refractivity contribution in [2.24, 2.45) is 7.05 Å². The number of nitrogens with two attached hydrogens (primary N) is 1. The molecule has 1 atom stereocenters. The standard InChI is InChI=1S/C14H25N5O2/c1-10-9-18(13(20)21-14(2,3)4)6-7-19(10)12-11(15)8-16-17(12)5/h8,10H,6-7,9,15H2,1-5H3. The fourth-order valence-electron chi connectivity index (χ4n) is 2.56. The minimum Gasteiger partial charge on any atom is -0.444 e. The molecule has 21 heavy (non-hydrogen) atoms. The number of hydrogen-bond acceptors (Lipinski definition) is 5. The number of amides is 1. The number of carbonyl (C=O) groups is 1. The zero-order valence-corrected chi connectivity index (χ0v) is 13.5. The molecular weight excluding hydrogens is 270 g/mol. The van der Waals surface area contributed by atoms with Gasteiger partial charge >= 0.3 is 6.09 Å². The molecule has 1 amide bonds. The van der Waals surface area contributed by atoms with Crippen molar-refractivity contribution in [3.63, 3.8) is 0 Å². The third-order valence-corrected chi connectivity index (χ3v) is 3.49. The Morgan fingerprint density at radius 3 is 2.57 bits per heavy atom. The van der Waals surface area contributed by atoms with Crippen molar-refractivity contribution >= 4 is 17.6 Å². The second-order valence-electron chi connectivity index (χ2n) is 6.52. The van der Waals surface area contributed by atoms with E-state index in [-0.39, 0.29) is 12.1 Å². The summed E-state index contributed by atoms with van der Waals surface area (Å²) in [5, 5.41) is 4.17. The molecule has 1 aromatic rings. The first-order valence-corrected chi connectivity index (χ1v) is 7.21. The van der Waals surface area contributed by atoms with Gasteiger partial charge in [0.2, 0.25) is 0 Å². The van der Waals surface area contributed by atoms with Gasteiger partial charge in [0.15, 0.2) is 0 Å². The molecule has 0 spiro atoms. The van der Waals surface area contributed by atoms with Crippen LogP contribution >= 0.6 is 0 Å². The van der Waals surface area contributed by atoms with Crippen LogP contribution in [0.25, 0.3) is 0 Å². The molecule has 1 aliphatic heterocycles. The minimum absolute atomic E-state index is 0.156. The number of hydrogen-bond donors (Lipinski definition) is 1. The highest BCUT2D eigenvalue weighted by Crippen LogP contribution is 2.26. The van der Waals surface area contributed by atoms with E-state index < -0.39 is 5.60 Å². The number of ether oxygens (including phenoxy) is 1. The lowest BCUT2D eigenvalue weighted by Crippen LogP contribution is -2.55. The van der Waals surface area contributed by atoms with Gasteiger partial charge in [-0.3, -0.25) is 4.68 Å². The molecule has 0 saturated carbocycles. The van der Waals surface area contributed by atoms with Crippen molar-refractivity contribution in [2.45, 2.75) is 39.3 Å². The average molecular weight is 295 g/mol. The van der Waals surface area contributed by atoms with Crippen molar-refractivity contribution in [3.8, 4) is 0 Å². The lowest BCUT2D eigenvalue weighted by Gasteiger charge is -2.41. The minimum atomic E-state index is -0.468. The van der Waals surface area contributed by atoms with Crippen LogP contribution in [0.15, 0.2) is 6.20 Å². The lowest BCUT2D eigenvalue weighted by atomic mass is 10.2. The summed E-state index contributed by atoms with van der Waals surface area (Å²) < 4.78 is 7.20. The van der Waals surface area contributed by atoms with E-state index >= 15 is 0 Å². The summed E-state index contributed by atoms with van der Waals surface area (Å²) in [6, 6.07) is 0.156. The van der Waals surface area contributed by atoms with E-state index in [0.29, 0.717) is 25.3 Å². The monoisotopic (exact) mass is 295 g/mol. The maximum atomic E-state index is 12.1. The Morgan fingerprint density at radius 2 is 2.10 bits per heavy atom. The molecule has 0 radical (unpaired) electrons. The summed E-state index contributed by atoms with van der Waals surface area (Å²) in [5.74, 6) is 0.909. The maximum absolute atomic E-state index is 12.1. The van der Waals surface area contributed by atoms with Gasteiger partial charge in [0, 0.05) is 32.7 Å². The van der Waals surface area contributed by atoms with Crippen molar-refractivity contribution in [3.05, 3.63) is 6.20 Å². The Hall–Kier alpha value is -1.92. The zero-order valence-electron chi connectivity index (χ0n) is 13.5. The van der Waals surface area contributed by atoms with E-state index in [1.807, 2.05) is 27.8 Å². The van der Waals surface area contributed by atoms with Crippen LogP contribution in [-0.4, -0.2) is 52.1 Å². The number of rotatable bonds is 1. The summed E-state index contributed by atoms with van der Waals surface area (Å²) in [6.45, 7) is 9.64. The topological polar surface area (TPSA) is 76.6 Å². The molecule has 7 nitrogen and oxygen atoms in total. The summed E-state index contributed by atoms with van der Waals surface area (Å²) in [7, 11) is 1.87. The van der Waals surface area contributed by atoms with E-state index in [0.717, 1.165) is 5.82 Å². The number of anilines is 2. The lowest BCUT2D eigenvalue weighted by molar-refractivity contribution is 0.0218. The van der Waals surface area contributed by atoms with Crippen LogP contribution in [0.3, 0.4) is 0 Å². The molecule has 1 fully saturated rings. The average Bonchev–Trinajstić information content (AvgIpc) is 2.67. The van der Waals surface area contributed by atoms with Crippen molar-refractivity contribution < 1.29 is 9.53 Å². The van der Waals surface area contributed by atoms with E-state index in [9.17, 15) is 4.79 Å².